The largest absolute Gasteiger partial charge is 0.481 e. The molecule has 1 aromatic carbocycles. The number of amides is 2. The Balaban J connectivity index is 2.51. The SMILES string of the molecule is CCCCCc1ccc(NC(=O)NC(CC(=O)O)C[NH+](C)C)cc1. The number of hydrogen-bond donors (Lipinski definition) is 4. The van der Waals surface area contributed by atoms with E-state index >= 15 is 0 Å². The fourth-order valence-corrected chi connectivity index (χ4v) is 2.56. The molecular formula is C18H30N3O3+. The first kappa shape index (κ1) is 20.0. The zero-order valence-corrected chi connectivity index (χ0v) is 14.9. The first-order chi connectivity index (χ1) is 11.4. The highest BCUT2D eigenvalue weighted by Gasteiger charge is 2.18. The van der Waals surface area contributed by atoms with Crippen molar-refractivity contribution in [2.45, 2.75) is 45.1 Å². The average Bonchev–Trinajstić information content (AvgIpc) is 2.47. The van der Waals surface area contributed by atoms with Crippen molar-refractivity contribution in [3.63, 3.8) is 0 Å². The number of carbonyl (C=O) groups is 2. The second-order valence-electron chi connectivity index (χ2n) is 6.46. The molecule has 1 rings (SSSR count). The van der Waals surface area contributed by atoms with Gasteiger partial charge in [0.05, 0.1) is 33.1 Å². The maximum absolute atomic E-state index is 12.1. The number of benzene rings is 1. The molecule has 0 fully saturated rings. The summed E-state index contributed by atoms with van der Waals surface area (Å²) in [5.41, 5.74) is 1.97. The lowest BCUT2D eigenvalue weighted by Gasteiger charge is -2.19. The van der Waals surface area contributed by atoms with Gasteiger partial charge in [0.2, 0.25) is 0 Å². The summed E-state index contributed by atoms with van der Waals surface area (Å²) in [6.45, 7) is 2.73. The van der Waals surface area contributed by atoms with Crippen molar-refractivity contribution >= 4 is 17.7 Å². The highest BCUT2D eigenvalue weighted by molar-refractivity contribution is 5.89. The van der Waals surface area contributed by atoms with E-state index in [2.05, 4.69) is 17.6 Å². The summed E-state index contributed by atoms with van der Waals surface area (Å²) in [6.07, 6.45) is 4.56. The van der Waals surface area contributed by atoms with E-state index in [9.17, 15) is 9.59 Å². The van der Waals surface area contributed by atoms with Crippen molar-refractivity contribution in [1.82, 2.24) is 5.32 Å². The molecule has 6 heteroatoms. The Labute approximate surface area is 144 Å². The molecule has 0 spiro atoms. The number of carbonyl (C=O) groups excluding carboxylic acids is 1. The number of anilines is 1. The van der Waals surface area contributed by atoms with Crippen molar-refractivity contribution in [2.24, 2.45) is 0 Å². The van der Waals surface area contributed by atoms with Gasteiger partial charge in [-0.15, -0.1) is 0 Å². The third kappa shape index (κ3) is 8.53. The molecule has 0 saturated carbocycles. The first-order valence-corrected chi connectivity index (χ1v) is 8.58. The normalized spacial score (nSPS) is 12.0. The smallest absolute Gasteiger partial charge is 0.319 e. The van der Waals surface area contributed by atoms with Gasteiger partial charge >= 0.3 is 12.0 Å². The number of aliphatic carboxylic acids is 1. The van der Waals surface area contributed by atoms with E-state index in [0.29, 0.717) is 12.2 Å². The quantitative estimate of drug-likeness (QED) is 0.489. The van der Waals surface area contributed by atoms with E-state index in [1.807, 2.05) is 38.4 Å². The average molecular weight is 336 g/mol. The Morgan fingerprint density at radius 2 is 1.83 bits per heavy atom. The van der Waals surface area contributed by atoms with Crippen LogP contribution < -0.4 is 15.5 Å². The van der Waals surface area contributed by atoms with Crippen LogP contribution in [0.5, 0.6) is 0 Å². The third-order valence-electron chi connectivity index (χ3n) is 3.69. The molecule has 1 unspecified atom stereocenters. The van der Waals surface area contributed by atoms with E-state index in [0.717, 1.165) is 11.3 Å². The number of nitrogens with one attached hydrogen (secondary N) is 3. The third-order valence-corrected chi connectivity index (χ3v) is 3.69. The predicted molar refractivity (Wildman–Crippen MR) is 95.5 cm³/mol. The Morgan fingerprint density at radius 3 is 2.38 bits per heavy atom. The molecule has 1 atom stereocenters. The van der Waals surface area contributed by atoms with Crippen molar-refractivity contribution < 1.29 is 19.6 Å². The summed E-state index contributed by atoms with van der Waals surface area (Å²) in [5, 5.41) is 14.4. The molecule has 134 valence electrons. The summed E-state index contributed by atoms with van der Waals surface area (Å²) < 4.78 is 0. The van der Waals surface area contributed by atoms with E-state index in [4.69, 9.17) is 5.11 Å². The maximum atomic E-state index is 12.1. The van der Waals surface area contributed by atoms with Gasteiger partial charge in [0.1, 0.15) is 0 Å². The van der Waals surface area contributed by atoms with Gasteiger partial charge in [-0.1, -0.05) is 31.9 Å². The second-order valence-corrected chi connectivity index (χ2v) is 6.46. The van der Waals surface area contributed by atoms with Crippen molar-refractivity contribution in [1.29, 1.82) is 0 Å². The molecule has 0 radical (unpaired) electrons. The number of hydrogen-bond acceptors (Lipinski definition) is 2. The van der Waals surface area contributed by atoms with E-state index in [-0.39, 0.29) is 12.5 Å². The fraction of sp³-hybridized carbons (Fsp3) is 0.556. The van der Waals surface area contributed by atoms with Crippen LogP contribution in [0.25, 0.3) is 0 Å². The lowest BCUT2D eigenvalue weighted by atomic mass is 10.1. The maximum Gasteiger partial charge on any atom is 0.319 e. The number of unbranched alkanes of at least 4 members (excludes halogenated alkanes) is 2. The lowest BCUT2D eigenvalue weighted by Crippen LogP contribution is -3.07. The zero-order valence-electron chi connectivity index (χ0n) is 14.9. The fourth-order valence-electron chi connectivity index (χ4n) is 2.56. The highest BCUT2D eigenvalue weighted by Crippen LogP contribution is 2.12. The van der Waals surface area contributed by atoms with Crippen LogP contribution in [0.3, 0.4) is 0 Å². The Bertz CT molecular complexity index is 515. The molecule has 4 N–H and O–H groups in total. The number of urea groups is 1. The van der Waals surface area contributed by atoms with Crippen LogP contribution in [-0.2, 0) is 11.2 Å². The predicted octanol–water partition coefficient (Wildman–Crippen LogP) is 1.53. The van der Waals surface area contributed by atoms with Crippen LogP contribution in [0.2, 0.25) is 0 Å². The highest BCUT2D eigenvalue weighted by atomic mass is 16.4. The van der Waals surface area contributed by atoms with E-state index in [1.165, 1.54) is 24.8 Å². The van der Waals surface area contributed by atoms with E-state index in [1.54, 1.807) is 0 Å². The number of carboxylic acid groups (broad SMARTS) is 1. The van der Waals surface area contributed by atoms with Gasteiger partial charge in [-0.25, -0.2) is 4.79 Å². The van der Waals surface area contributed by atoms with Gasteiger partial charge in [0.25, 0.3) is 0 Å². The molecule has 0 aromatic heterocycles. The van der Waals surface area contributed by atoms with Crippen LogP contribution in [-0.4, -0.2) is 43.8 Å². The molecule has 0 saturated heterocycles. The minimum Gasteiger partial charge on any atom is -0.481 e. The van der Waals surface area contributed by atoms with Crippen LogP contribution in [0.1, 0.15) is 38.2 Å². The molecule has 2 amide bonds. The van der Waals surface area contributed by atoms with Gasteiger partial charge in [0.15, 0.2) is 0 Å². The molecule has 0 aliphatic rings. The zero-order chi connectivity index (χ0) is 17.9. The van der Waals surface area contributed by atoms with Crippen LogP contribution in [0, 0.1) is 0 Å². The van der Waals surface area contributed by atoms with Gasteiger partial charge in [-0.05, 0) is 30.5 Å². The van der Waals surface area contributed by atoms with Gasteiger partial charge in [-0.3, -0.25) is 4.79 Å². The number of aryl methyl sites for hydroxylation is 1. The summed E-state index contributed by atoms with van der Waals surface area (Å²) >= 11 is 0. The summed E-state index contributed by atoms with van der Waals surface area (Å²) in [5.74, 6) is -0.919. The summed E-state index contributed by atoms with van der Waals surface area (Å²) in [6, 6.07) is 7.02. The summed E-state index contributed by atoms with van der Waals surface area (Å²) in [4.78, 5) is 24.0. The lowest BCUT2D eigenvalue weighted by molar-refractivity contribution is -0.859. The molecule has 0 heterocycles. The number of quaternary nitrogens is 1. The number of rotatable bonds is 10. The molecule has 6 nitrogen and oxygen atoms in total. The molecule has 0 aliphatic carbocycles. The van der Waals surface area contributed by atoms with Crippen LogP contribution in [0.15, 0.2) is 24.3 Å². The second kappa shape index (κ2) is 10.6. The standard InChI is InChI=1S/C18H29N3O3/c1-4-5-6-7-14-8-10-15(11-9-14)19-18(24)20-16(12-17(22)23)13-21(2)3/h8-11,16H,4-7,12-13H2,1-3H3,(H,22,23)(H2,19,20,24)/p+1. The van der Waals surface area contributed by atoms with Crippen LogP contribution in [0.4, 0.5) is 10.5 Å². The van der Waals surface area contributed by atoms with Crippen LogP contribution >= 0.6 is 0 Å². The minimum atomic E-state index is -0.919. The Hall–Kier alpha value is -2.08. The minimum absolute atomic E-state index is 0.0883. The van der Waals surface area contributed by atoms with Gasteiger partial charge < -0.3 is 20.6 Å². The number of likely N-dealkylation sites (N-methyl/N-ethyl adjacent to an activating group) is 1. The molecule has 0 bridgehead atoms. The topological polar surface area (TPSA) is 82.9 Å². The Morgan fingerprint density at radius 1 is 1.17 bits per heavy atom. The number of carboxylic acids is 1. The molecule has 24 heavy (non-hydrogen) atoms. The van der Waals surface area contributed by atoms with E-state index < -0.39 is 12.0 Å². The molecular weight excluding hydrogens is 306 g/mol. The first-order valence-electron chi connectivity index (χ1n) is 8.58. The molecule has 1 aromatic rings. The Kier molecular flexibility index (Phi) is 8.86. The molecule has 0 aliphatic heterocycles. The van der Waals surface area contributed by atoms with Gasteiger partial charge in [0, 0.05) is 5.69 Å². The van der Waals surface area contributed by atoms with Crippen molar-refractivity contribution in [3.8, 4) is 0 Å². The summed E-state index contributed by atoms with van der Waals surface area (Å²) in [7, 11) is 3.84. The van der Waals surface area contributed by atoms with Gasteiger partial charge in [-0.2, -0.15) is 0 Å². The van der Waals surface area contributed by atoms with Crippen molar-refractivity contribution in [2.75, 3.05) is 26.0 Å². The van der Waals surface area contributed by atoms with Crippen molar-refractivity contribution in [3.05, 3.63) is 29.8 Å². The monoisotopic (exact) mass is 336 g/mol.